The van der Waals surface area contributed by atoms with Gasteiger partial charge in [0.05, 0.1) is 23.9 Å². The number of ether oxygens (including phenoxy) is 1. The fourth-order valence-corrected chi connectivity index (χ4v) is 3.88. The lowest BCUT2D eigenvalue weighted by molar-refractivity contribution is 0.207. The average molecular weight is 373 g/mol. The number of hydrogen-bond donors (Lipinski definition) is 2. The second-order valence-electron chi connectivity index (χ2n) is 6.78. The van der Waals surface area contributed by atoms with Gasteiger partial charge in [-0.15, -0.1) is 11.3 Å². The summed E-state index contributed by atoms with van der Waals surface area (Å²) in [6.07, 6.45) is 5.24. The average Bonchev–Trinajstić information content (AvgIpc) is 3.28. The molecule has 5 nitrogen and oxygen atoms in total. The molecule has 3 rings (SSSR count). The van der Waals surface area contributed by atoms with Gasteiger partial charge in [-0.2, -0.15) is 0 Å². The second kappa shape index (κ2) is 9.03. The highest BCUT2D eigenvalue weighted by molar-refractivity contribution is 7.09. The molecule has 1 aliphatic carbocycles. The van der Waals surface area contributed by atoms with Gasteiger partial charge in [0.25, 0.3) is 0 Å². The van der Waals surface area contributed by atoms with Gasteiger partial charge in [0.1, 0.15) is 5.75 Å². The zero-order valence-corrected chi connectivity index (χ0v) is 16.7. The lowest BCUT2D eigenvalue weighted by Crippen LogP contribution is -2.36. The van der Waals surface area contributed by atoms with Gasteiger partial charge in [0, 0.05) is 24.0 Å². The molecule has 26 heavy (non-hydrogen) atoms. The second-order valence-corrected chi connectivity index (χ2v) is 7.72. The van der Waals surface area contributed by atoms with E-state index >= 15 is 0 Å². The molecule has 1 heterocycles. The molecular weight excluding hydrogens is 344 g/mol. The first-order chi connectivity index (χ1) is 12.7. The Labute approximate surface area is 159 Å². The van der Waals surface area contributed by atoms with E-state index in [-0.39, 0.29) is 0 Å². The minimum atomic E-state index is 0.363. The van der Waals surface area contributed by atoms with Crippen molar-refractivity contribution in [3.05, 3.63) is 45.4 Å². The summed E-state index contributed by atoms with van der Waals surface area (Å²) in [4.78, 5) is 9.83. The summed E-state index contributed by atoms with van der Waals surface area (Å²) < 4.78 is 6.28. The number of rotatable bonds is 6. The Hall–Kier alpha value is -2.08. The fourth-order valence-electron chi connectivity index (χ4n) is 3.16. The van der Waals surface area contributed by atoms with Crippen LogP contribution in [-0.2, 0) is 13.1 Å². The summed E-state index contributed by atoms with van der Waals surface area (Å²) in [5, 5.41) is 6.75. The SMILES string of the molecule is CN=C(NCc1ccc(C)cc1OC1CCCC1)NCc1scnc1C. The smallest absolute Gasteiger partial charge is 0.191 e. The summed E-state index contributed by atoms with van der Waals surface area (Å²) in [6, 6.07) is 6.43. The largest absolute Gasteiger partial charge is 0.490 e. The number of benzene rings is 1. The summed E-state index contributed by atoms with van der Waals surface area (Å²) in [7, 11) is 1.79. The van der Waals surface area contributed by atoms with E-state index in [1.54, 1.807) is 18.4 Å². The molecule has 1 aliphatic rings. The van der Waals surface area contributed by atoms with Gasteiger partial charge >= 0.3 is 0 Å². The number of nitrogens with zero attached hydrogens (tertiary/aromatic N) is 2. The fraction of sp³-hybridized carbons (Fsp3) is 0.500. The topological polar surface area (TPSA) is 58.5 Å². The molecule has 1 aromatic heterocycles. The summed E-state index contributed by atoms with van der Waals surface area (Å²) in [5.41, 5.74) is 5.34. The van der Waals surface area contributed by atoms with Crippen molar-refractivity contribution in [3.63, 3.8) is 0 Å². The molecule has 0 aliphatic heterocycles. The van der Waals surface area contributed by atoms with Gasteiger partial charge in [-0.05, 0) is 51.2 Å². The zero-order valence-electron chi connectivity index (χ0n) is 15.8. The standard InChI is InChI=1S/C20H28N4OS/c1-14-8-9-16(18(10-14)25-17-6-4-5-7-17)11-22-20(21-3)23-12-19-15(2)24-13-26-19/h8-10,13,17H,4-7,11-12H2,1-3H3,(H2,21,22,23). The summed E-state index contributed by atoms with van der Waals surface area (Å²) in [6.45, 7) is 5.55. The van der Waals surface area contributed by atoms with Crippen LogP contribution in [0, 0.1) is 13.8 Å². The molecule has 0 saturated heterocycles. The van der Waals surface area contributed by atoms with Gasteiger partial charge < -0.3 is 15.4 Å². The van der Waals surface area contributed by atoms with E-state index in [0.717, 1.165) is 36.8 Å². The zero-order chi connectivity index (χ0) is 18.4. The first kappa shape index (κ1) is 18.7. The van der Waals surface area contributed by atoms with Crippen molar-refractivity contribution in [2.45, 2.75) is 58.7 Å². The molecule has 140 valence electrons. The number of hydrogen-bond acceptors (Lipinski definition) is 4. The van der Waals surface area contributed by atoms with E-state index in [0.29, 0.717) is 12.6 Å². The molecule has 0 unspecified atom stereocenters. The highest BCUT2D eigenvalue weighted by Crippen LogP contribution is 2.27. The van der Waals surface area contributed by atoms with Crippen LogP contribution in [0.15, 0.2) is 28.7 Å². The highest BCUT2D eigenvalue weighted by atomic mass is 32.1. The minimum Gasteiger partial charge on any atom is -0.490 e. The molecule has 0 radical (unpaired) electrons. The Morgan fingerprint density at radius 2 is 2.00 bits per heavy atom. The Kier molecular flexibility index (Phi) is 6.50. The number of nitrogens with one attached hydrogen (secondary N) is 2. The van der Waals surface area contributed by atoms with Crippen molar-refractivity contribution >= 4 is 17.3 Å². The highest BCUT2D eigenvalue weighted by Gasteiger charge is 2.18. The van der Waals surface area contributed by atoms with Gasteiger partial charge in [-0.3, -0.25) is 4.99 Å². The van der Waals surface area contributed by atoms with E-state index in [1.165, 1.54) is 28.8 Å². The molecule has 0 bridgehead atoms. The molecule has 1 fully saturated rings. The van der Waals surface area contributed by atoms with Gasteiger partial charge in [0.15, 0.2) is 5.96 Å². The number of thiazole rings is 1. The van der Waals surface area contributed by atoms with Crippen LogP contribution >= 0.6 is 11.3 Å². The van der Waals surface area contributed by atoms with E-state index in [4.69, 9.17) is 4.74 Å². The van der Waals surface area contributed by atoms with Gasteiger partial charge in [-0.1, -0.05) is 12.1 Å². The Balaban J connectivity index is 1.59. The van der Waals surface area contributed by atoms with Crippen LogP contribution in [0.3, 0.4) is 0 Å². The third kappa shape index (κ3) is 4.97. The lowest BCUT2D eigenvalue weighted by Gasteiger charge is -2.18. The van der Waals surface area contributed by atoms with Crippen LogP contribution in [0.25, 0.3) is 0 Å². The van der Waals surface area contributed by atoms with E-state index in [2.05, 4.69) is 45.7 Å². The van der Waals surface area contributed by atoms with E-state index in [1.807, 2.05) is 12.4 Å². The summed E-state index contributed by atoms with van der Waals surface area (Å²) >= 11 is 1.66. The molecule has 2 aromatic rings. The maximum Gasteiger partial charge on any atom is 0.191 e. The minimum absolute atomic E-state index is 0.363. The van der Waals surface area contributed by atoms with Crippen molar-refractivity contribution < 1.29 is 4.74 Å². The number of aromatic nitrogens is 1. The Bertz CT molecular complexity index is 750. The van der Waals surface area contributed by atoms with Crippen molar-refractivity contribution in [1.82, 2.24) is 15.6 Å². The number of aryl methyl sites for hydroxylation is 2. The Morgan fingerprint density at radius 3 is 2.69 bits per heavy atom. The maximum atomic E-state index is 6.28. The van der Waals surface area contributed by atoms with E-state index in [9.17, 15) is 0 Å². The van der Waals surface area contributed by atoms with Crippen molar-refractivity contribution in [2.24, 2.45) is 4.99 Å². The van der Waals surface area contributed by atoms with Crippen LogP contribution in [0.1, 0.15) is 47.4 Å². The maximum absolute atomic E-state index is 6.28. The normalized spacial score (nSPS) is 15.3. The Morgan fingerprint density at radius 1 is 1.23 bits per heavy atom. The molecular formula is C20H28N4OS. The molecule has 6 heteroatoms. The van der Waals surface area contributed by atoms with Crippen LogP contribution in [0.5, 0.6) is 5.75 Å². The monoisotopic (exact) mass is 372 g/mol. The summed E-state index contributed by atoms with van der Waals surface area (Å²) in [5.74, 6) is 1.78. The molecule has 2 N–H and O–H groups in total. The molecule has 1 saturated carbocycles. The van der Waals surface area contributed by atoms with Crippen molar-refractivity contribution in [2.75, 3.05) is 7.05 Å². The van der Waals surface area contributed by atoms with Gasteiger partial charge in [0.2, 0.25) is 0 Å². The first-order valence-electron chi connectivity index (χ1n) is 9.25. The van der Waals surface area contributed by atoms with E-state index < -0.39 is 0 Å². The van der Waals surface area contributed by atoms with Crippen LogP contribution in [-0.4, -0.2) is 24.1 Å². The molecule has 1 aromatic carbocycles. The van der Waals surface area contributed by atoms with Crippen LogP contribution < -0.4 is 15.4 Å². The molecule has 0 amide bonds. The lowest BCUT2D eigenvalue weighted by atomic mass is 10.1. The predicted molar refractivity (Wildman–Crippen MR) is 108 cm³/mol. The quantitative estimate of drug-likeness (QED) is 0.595. The third-order valence-electron chi connectivity index (χ3n) is 4.75. The van der Waals surface area contributed by atoms with Crippen LogP contribution in [0.2, 0.25) is 0 Å². The molecule has 0 atom stereocenters. The molecule has 0 spiro atoms. The van der Waals surface area contributed by atoms with Crippen molar-refractivity contribution in [1.29, 1.82) is 0 Å². The number of guanidine groups is 1. The first-order valence-corrected chi connectivity index (χ1v) is 10.1. The van der Waals surface area contributed by atoms with Gasteiger partial charge in [-0.25, -0.2) is 4.98 Å². The number of aliphatic imine (C=N–C) groups is 1. The van der Waals surface area contributed by atoms with Crippen molar-refractivity contribution in [3.8, 4) is 5.75 Å². The predicted octanol–water partition coefficient (Wildman–Crippen LogP) is 3.95. The van der Waals surface area contributed by atoms with Crippen LogP contribution in [0.4, 0.5) is 0 Å². The third-order valence-corrected chi connectivity index (χ3v) is 5.68.